The fourth-order valence-corrected chi connectivity index (χ4v) is 2.30. The molecule has 0 aliphatic heterocycles. The van der Waals surface area contributed by atoms with Crippen LogP contribution in [0.1, 0.15) is 20.3 Å². The number of nitrogens with two attached hydrogens (primary N) is 1. The summed E-state index contributed by atoms with van der Waals surface area (Å²) >= 11 is 0. The summed E-state index contributed by atoms with van der Waals surface area (Å²) in [7, 11) is 0. The lowest BCUT2D eigenvalue weighted by molar-refractivity contribution is 0.469. The van der Waals surface area contributed by atoms with Crippen molar-refractivity contribution in [2.45, 2.75) is 26.3 Å². The number of nitrogens with one attached hydrogen (secondary N) is 1. The molecule has 0 saturated heterocycles. The van der Waals surface area contributed by atoms with Gasteiger partial charge in [-0.25, -0.2) is 4.98 Å². The molecular weight excluding hydrogens is 288 g/mol. The highest BCUT2D eigenvalue weighted by molar-refractivity contribution is 5.88. The summed E-state index contributed by atoms with van der Waals surface area (Å²) in [6.07, 6.45) is 2.44. The third kappa shape index (κ3) is 3.18. The van der Waals surface area contributed by atoms with Gasteiger partial charge < -0.3 is 15.8 Å². The zero-order chi connectivity index (χ0) is 16.2. The van der Waals surface area contributed by atoms with Gasteiger partial charge in [0.05, 0.1) is 0 Å². The van der Waals surface area contributed by atoms with Crippen LogP contribution in [0.15, 0.2) is 48.8 Å². The van der Waals surface area contributed by atoms with Crippen LogP contribution in [0.3, 0.4) is 0 Å². The fraction of sp³-hybridized carbons (Fsp3) is 0.222. The summed E-state index contributed by atoms with van der Waals surface area (Å²) in [5.74, 6) is 1.69. The SMILES string of the molecule is CCC(C)Nc1ncnc(Oc2cccc3ccccc23)c1N. The zero-order valence-electron chi connectivity index (χ0n) is 13.3. The number of hydrogen-bond acceptors (Lipinski definition) is 5. The molecule has 23 heavy (non-hydrogen) atoms. The summed E-state index contributed by atoms with van der Waals surface area (Å²) in [5.41, 5.74) is 6.58. The second-order valence-corrected chi connectivity index (χ2v) is 5.47. The number of nitrogen functional groups attached to an aromatic ring is 1. The van der Waals surface area contributed by atoms with Crippen molar-refractivity contribution in [2.75, 3.05) is 11.1 Å². The number of hydrogen-bond donors (Lipinski definition) is 2. The van der Waals surface area contributed by atoms with Crippen LogP contribution in [0.2, 0.25) is 0 Å². The predicted molar refractivity (Wildman–Crippen MR) is 93.8 cm³/mol. The molecule has 3 N–H and O–H groups in total. The Hall–Kier alpha value is -2.82. The third-order valence-electron chi connectivity index (χ3n) is 3.80. The first-order valence-corrected chi connectivity index (χ1v) is 7.71. The van der Waals surface area contributed by atoms with Crippen molar-refractivity contribution in [3.8, 4) is 11.6 Å². The molecule has 0 aliphatic rings. The van der Waals surface area contributed by atoms with E-state index in [-0.39, 0.29) is 6.04 Å². The monoisotopic (exact) mass is 308 g/mol. The van der Waals surface area contributed by atoms with Crippen LogP contribution < -0.4 is 15.8 Å². The van der Waals surface area contributed by atoms with E-state index in [9.17, 15) is 0 Å². The first kappa shape index (κ1) is 15.1. The maximum atomic E-state index is 6.17. The second-order valence-electron chi connectivity index (χ2n) is 5.47. The number of rotatable bonds is 5. The normalized spacial score (nSPS) is 12.1. The predicted octanol–water partition coefficient (Wildman–Crippen LogP) is 4.21. The Labute approximate surface area is 135 Å². The van der Waals surface area contributed by atoms with Gasteiger partial charge in [0.1, 0.15) is 17.8 Å². The van der Waals surface area contributed by atoms with Crippen LogP contribution in [-0.2, 0) is 0 Å². The molecule has 0 saturated carbocycles. The van der Waals surface area contributed by atoms with Gasteiger partial charge in [-0.1, -0.05) is 43.3 Å². The molecule has 1 heterocycles. The van der Waals surface area contributed by atoms with Crippen LogP contribution in [0, 0.1) is 0 Å². The van der Waals surface area contributed by atoms with Crippen molar-refractivity contribution in [1.82, 2.24) is 9.97 Å². The van der Waals surface area contributed by atoms with Crippen molar-refractivity contribution in [3.63, 3.8) is 0 Å². The van der Waals surface area contributed by atoms with Gasteiger partial charge >= 0.3 is 0 Å². The number of ether oxygens (including phenoxy) is 1. The third-order valence-corrected chi connectivity index (χ3v) is 3.80. The first-order chi connectivity index (χ1) is 11.2. The molecule has 3 aromatic rings. The highest BCUT2D eigenvalue weighted by Gasteiger charge is 2.13. The van der Waals surface area contributed by atoms with E-state index in [4.69, 9.17) is 10.5 Å². The molecule has 1 aromatic heterocycles. The highest BCUT2D eigenvalue weighted by Crippen LogP contribution is 2.33. The standard InChI is InChI=1S/C18H20N4O/c1-3-12(2)22-17-16(19)18(21-11-20-17)23-15-10-6-8-13-7-4-5-9-14(13)15/h4-12H,3,19H2,1-2H3,(H,20,21,22). The van der Waals surface area contributed by atoms with E-state index in [1.807, 2.05) is 42.5 Å². The molecule has 5 nitrogen and oxygen atoms in total. The van der Waals surface area contributed by atoms with E-state index in [2.05, 4.69) is 29.1 Å². The molecule has 0 amide bonds. The molecule has 0 spiro atoms. The van der Waals surface area contributed by atoms with Gasteiger partial charge in [-0.2, -0.15) is 4.98 Å². The number of fused-ring (bicyclic) bond motifs is 1. The smallest absolute Gasteiger partial charge is 0.248 e. The van der Waals surface area contributed by atoms with Crippen LogP contribution in [0.5, 0.6) is 11.6 Å². The molecule has 0 fully saturated rings. The van der Waals surface area contributed by atoms with E-state index >= 15 is 0 Å². The fourth-order valence-electron chi connectivity index (χ4n) is 2.30. The zero-order valence-corrected chi connectivity index (χ0v) is 13.3. The summed E-state index contributed by atoms with van der Waals surface area (Å²) in [6.45, 7) is 4.18. The topological polar surface area (TPSA) is 73.1 Å². The molecule has 2 aromatic carbocycles. The number of nitrogens with zero attached hydrogens (tertiary/aromatic N) is 2. The summed E-state index contributed by atoms with van der Waals surface area (Å²) in [6, 6.07) is 14.2. The van der Waals surface area contributed by atoms with Crippen LogP contribution in [-0.4, -0.2) is 16.0 Å². The Morgan fingerprint density at radius 3 is 2.74 bits per heavy atom. The maximum Gasteiger partial charge on any atom is 0.248 e. The molecule has 3 rings (SSSR count). The average molecular weight is 308 g/mol. The molecule has 0 aliphatic carbocycles. The van der Waals surface area contributed by atoms with Crippen molar-refractivity contribution < 1.29 is 4.74 Å². The lowest BCUT2D eigenvalue weighted by atomic mass is 10.1. The molecule has 5 heteroatoms. The Morgan fingerprint density at radius 2 is 1.91 bits per heavy atom. The van der Waals surface area contributed by atoms with E-state index in [1.165, 1.54) is 6.33 Å². The van der Waals surface area contributed by atoms with Gasteiger partial charge in [0, 0.05) is 11.4 Å². The molecule has 0 bridgehead atoms. The minimum absolute atomic E-state index is 0.276. The summed E-state index contributed by atoms with van der Waals surface area (Å²) in [4.78, 5) is 8.38. The average Bonchev–Trinajstić information content (AvgIpc) is 2.58. The Balaban J connectivity index is 1.95. The molecule has 1 unspecified atom stereocenters. The van der Waals surface area contributed by atoms with Crippen LogP contribution in [0.25, 0.3) is 10.8 Å². The Morgan fingerprint density at radius 1 is 1.13 bits per heavy atom. The minimum Gasteiger partial charge on any atom is -0.436 e. The van der Waals surface area contributed by atoms with E-state index in [1.54, 1.807) is 0 Å². The van der Waals surface area contributed by atoms with Gasteiger partial charge in [0.15, 0.2) is 5.82 Å². The largest absolute Gasteiger partial charge is 0.436 e. The summed E-state index contributed by atoms with van der Waals surface area (Å²) in [5, 5.41) is 5.39. The number of aromatic nitrogens is 2. The quantitative estimate of drug-likeness (QED) is 0.738. The Kier molecular flexibility index (Phi) is 4.28. The van der Waals surface area contributed by atoms with Gasteiger partial charge in [0.25, 0.3) is 0 Å². The Bertz CT molecular complexity index is 814. The lowest BCUT2D eigenvalue weighted by Crippen LogP contribution is -2.16. The number of benzene rings is 2. The van der Waals surface area contributed by atoms with E-state index < -0.39 is 0 Å². The van der Waals surface area contributed by atoms with Crippen molar-refractivity contribution in [2.24, 2.45) is 0 Å². The second kappa shape index (κ2) is 6.52. The van der Waals surface area contributed by atoms with Gasteiger partial charge in [-0.3, -0.25) is 0 Å². The minimum atomic E-state index is 0.276. The highest BCUT2D eigenvalue weighted by atomic mass is 16.5. The number of anilines is 2. The van der Waals surface area contributed by atoms with Crippen molar-refractivity contribution in [1.29, 1.82) is 0 Å². The molecule has 118 valence electrons. The van der Waals surface area contributed by atoms with Gasteiger partial charge in [-0.15, -0.1) is 0 Å². The van der Waals surface area contributed by atoms with Crippen LogP contribution in [0.4, 0.5) is 11.5 Å². The molecular formula is C18H20N4O. The summed E-state index contributed by atoms with van der Waals surface area (Å²) < 4.78 is 5.96. The van der Waals surface area contributed by atoms with Gasteiger partial charge in [0.2, 0.25) is 5.88 Å². The van der Waals surface area contributed by atoms with Crippen molar-refractivity contribution >= 4 is 22.3 Å². The lowest BCUT2D eigenvalue weighted by Gasteiger charge is -2.15. The maximum absolute atomic E-state index is 6.17. The first-order valence-electron chi connectivity index (χ1n) is 7.71. The van der Waals surface area contributed by atoms with E-state index in [0.29, 0.717) is 17.4 Å². The van der Waals surface area contributed by atoms with Crippen molar-refractivity contribution in [3.05, 3.63) is 48.8 Å². The van der Waals surface area contributed by atoms with Gasteiger partial charge in [-0.05, 0) is 24.8 Å². The van der Waals surface area contributed by atoms with E-state index in [0.717, 1.165) is 22.9 Å². The van der Waals surface area contributed by atoms with Crippen LogP contribution >= 0.6 is 0 Å². The molecule has 1 atom stereocenters. The molecule has 0 radical (unpaired) electrons.